The highest BCUT2D eigenvalue weighted by Crippen LogP contribution is 2.17. The second-order valence-corrected chi connectivity index (χ2v) is 8.51. The minimum absolute atomic E-state index is 0.245. The molecule has 174 valence electrons. The highest BCUT2D eigenvalue weighted by molar-refractivity contribution is 5.87. The molecule has 0 bridgehead atoms. The van der Waals surface area contributed by atoms with Crippen molar-refractivity contribution in [3.8, 4) is 0 Å². The van der Waals surface area contributed by atoms with Crippen molar-refractivity contribution in [2.45, 2.75) is 45.6 Å². The number of benzene rings is 2. The minimum Gasteiger partial charge on any atom is -0.478 e. The molecule has 0 aliphatic carbocycles. The zero-order valence-corrected chi connectivity index (χ0v) is 19.2. The summed E-state index contributed by atoms with van der Waals surface area (Å²) in [4.78, 5) is 20.5. The van der Waals surface area contributed by atoms with E-state index in [1.807, 2.05) is 43.5 Å². The van der Waals surface area contributed by atoms with E-state index in [0.29, 0.717) is 18.7 Å². The van der Waals surface area contributed by atoms with Crippen molar-refractivity contribution in [1.82, 2.24) is 14.5 Å². The zero-order chi connectivity index (χ0) is 23.9. The number of hydrogen-bond donors (Lipinski definition) is 1. The van der Waals surface area contributed by atoms with Gasteiger partial charge >= 0.3 is 5.97 Å². The maximum atomic E-state index is 13.4. The molecule has 0 unspecified atom stereocenters. The van der Waals surface area contributed by atoms with Crippen molar-refractivity contribution in [2.24, 2.45) is 0 Å². The summed E-state index contributed by atoms with van der Waals surface area (Å²) in [6, 6.07) is 20.2. The summed E-state index contributed by atoms with van der Waals surface area (Å²) in [5, 5.41) is 9.30. The average molecular weight is 458 g/mol. The number of rotatable bonds is 10. The molecule has 5 nitrogen and oxygen atoms in total. The van der Waals surface area contributed by atoms with Gasteiger partial charge in [-0.2, -0.15) is 0 Å². The Labute approximate surface area is 199 Å². The van der Waals surface area contributed by atoms with Gasteiger partial charge in [-0.1, -0.05) is 42.5 Å². The standard InChI is InChI=1S/C28H28FN3O2/c1-20-16-23(28(33)34)17-25(31-20)8-5-9-27-30-18-26(15-12-21-6-3-2-4-7-21)32(27)19-22-10-13-24(29)14-11-22/h2-4,6-7,10-11,13-14,16-18H,5,8-9,12,15,19H2,1H3,(H,33,34). The third-order valence-electron chi connectivity index (χ3n) is 5.87. The number of carbonyl (C=O) groups is 1. The first-order chi connectivity index (χ1) is 16.5. The number of halogens is 1. The topological polar surface area (TPSA) is 68.0 Å². The van der Waals surface area contributed by atoms with Crippen LogP contribution < -0.4 is 0 Å². The Kier molecular flexibility index (Phi) is 7.48. The summed E-state index contributed by atoms with van der Waals surface area (Å²) in [5.41, 5.74) is 5.19. The fourth-order valence-corrected chi connectivity index (χ4v) is 4.15. The molecule has 6 heteroatoms. The van der Waals surface area contributed by atoms with E-state index in [0.717, 1.165) is 48.5 Å². The van der Waals surface area contributed by atoms with E-state index in [1.165, 1.54) is 17.7 Å². The lowest BCUT2D eigenvalue weighted by Gasteiger charge is -2.13. The normalized spacial score (nSPS) is 11.0. The first-order valence-corrected chi connectivity index (χ1v) is 11.5. The number of aryl methyl sites for hydroxylation is 5. The third-order valence-corrected chi connectivity index (χ3v) is 5.87. The van der Waals surface area contributed by atoms with Gasteiger partial charge in [0.2, 0.25) is 0 Å². The number of aromatic nitrogens is 3. The van der Waals surface area contributed by atoms with Crippen LogP contribution in [-0.2, 0) is 32.2 Å². The van der Waals surface area contributed by atoms with E-state index in [4.69, 9.17) is 4.98 Å². The van der Waals surface area contributed by atoms with Gasteiger partial charge in [-0.25, -0.2) is 14.2 Å². The molecule has 2 aromatic heterocycles. The van der Waals surface area contributed by atoms with E-state index in [9.17, 15) is 14.3 Å². The van der Waals surface area contributed by atoms with Crippen LogP contribution >= 0.6 is 0 Å². The third kappa shape index (κ3) is 6.16. The van der Waals surface area contributed by atoms with Gasteiger partial charge in [-0.3, -0.25) is 4.98 Å². The van der Waals surface area contributed by atoms with Crippen LogP contribution in [-0.4, -0.2) is 25.6 Å². The first-order valence-electron chi connectivity index (χ1n) is 11.5. The lowest BCUT2D eigenvalue weighted by Crippen LogP contribution is -2.10. The van der Waals surface area contributed by atoms with Gasteiger partial charge in [0, 0.05) is 36.2 Å². The Hall–Kier alpha value is -3.80. The summed E-state index contributed by atoms with van der Waals surface area (Å²) in [6.07, 6.45) is 5.93. The molecule has 0 aliphatic heterocycles. The quantitative estimate of drug-likeness (QED) is 0.345. The van der Waals surface area contributed by atoms with Crippen molar-refractivity contribution in [3.05, 3.63) is 118 Å². The minimum atomic E-state index is -0.940. The highest BCUT2D eigenvalue weighted by atomic mass is 19.1. The SMILES string of the molecule is Cc1cc(C(=O)O)cc(CCCc2ncc(CCc3ccccc3)n2Cc2ccc(F)cc2)n1. The van der Waals surface area contributed by atoms with Crippen LogP contribution in [0.5, 0.6) is 0 Å². The highest BCUT2D eigenvalue weighted by Gasteiger charge is 2.12. The molecule has 0 radical (unpaired) electrons. The van der Waals surface area contributed by atoms with Crippen LogP contribution in [0.15, 0.2) is 72.9 Å². The van der Waals surface area contributed by atoms with Crippen molar-refractivity contribution in [2.75, 3.05) is 0 Å². The Bertz CT molecular complexity index is 1250. The van der Waals surface area contributed by atoms with Crippen molar-refractivity contribution in [1.29, 1.82) is 0 Å². The Balaban J connectivity index is 1.49. The van der Waals surface area contributed by atoms with E-state index >= 15 is 0 Å². The molecule has 4 aromatic rings. The maximum absolute atomic E-state index is 13.4. The van der Waals surface area contributed by atoms with E-state index in [-0.39, 0.29) is 11.4 Å². The number of carboxylic acid groups (broad SMARTS) is 1. The summed E-state index contributed by atoms with van der Waals surface area (Å²) in [6.45, 7) is 2.44. The van der Waals surface area contributed by atoms with E-state index < -0.39 is 5.97 Å². The van der Waals surface area contributed by atoms with E-state index in [2.05, 4.69) is 21.7 Å². The molecule has 2 aromatic carbocycles. The molecule has 0 aliphatic rings. The number of aromatic carboxylic acids is 1. The molecule has 0 amide bonds. The fourth-order valence-electron chi connectivity index (χ4n) is 4.15. The largest absolute Gasteiger partial charge is 0.478 e. The van der Waals surface area contributed by atoms with Crippen LogP contribution in [0.1, 0.15) is 50.8 Å². The lowest BCUT2D eigenvalue weighted by molar-refractivity contribution is 0.0696. The number of imidazole rings is 1. The predicted octanol–water partition coefficient (Wildman–Crippen LogP) is 5.43. The van der Waals surface area contributed by atoms with Crippen LogP contribution in [0.3, 0.4) is 0 Å². The Morgan fingerprint density at radius 3 is 2.44 bits per heavy atom. The second-order valence-electron chi connectivity index (χ2n) is 8.51. The van der Waals surface area contributed by atoms with Crippen molar-refractivity contribution >= 4 is 5.97 Å². The summed E-state index contributed by atoms with van der Waals surface area (Å²) >= 11 is 0. The molecular weight excluding hydrogens is 429 g/mol. The lowest BCUT2D eigenvalue weighted by atomic mass is 10.1. The average Bonchev–Trinajstić information content (AvgIpc) is 3.20. The molecule has 0 saturated carbocycles. The number of nitrogens with zero attached hydrogens (tertiary/aromatic N) is 3. The fraction of sp³-hybridized carbons (Fsp3) is 0.250. The van der Waals surface area contributed by atoms with Gasteiger partial charge in [0.05, 0.1) is 5.56 Å². The number of carboxylic acids is 1. The number of hydrogen-bond acceptors (Lipinski definition) is 3. The van der Waals surface area contributed by atoms with Gasteiger partial charge in [0.1, 0.15) is 11.6 Å². The van der Waals surface area contributed by atoms with Crippen molar-refractivity contribution < 1.29 is 14.3 Å². The smallest absolute Gasteiger partial charge is 0.335 e. The Morgan fingerprint density at radius 2 is 1.71 bits per heavy atom. The molecule has 34 heavy (non-hydrogen) atoms. The van der Waals surface area contributed by atoms with Gasteiger partial charge in [0.15, 0.2) is 0 Å². The summed E-state index contributed by atoms with van der Waals surface area (Å²) in [7, 11) is 0. The Morgan fingerprint density at radius 1 is 0.941 bits per heavy atom. The molecule has 1 N–H and O–H groups in total. The van der Waals surface area contributed by atoms with Gasteiger partial charge in [0.25, 0.3) is 0 Å². The van der Waals surface area contributed by atoms with Crippen LogP contribution in [0, 0.1) is 12.7 Å². The molecule has 0 atom stereocenters. The molecule has 0 fully saturated rings. The first kappa shape index (κ1) is 23.4. The zero-order valence-electron chi connectivity index (χ0n) is 19.2. The predicted molar refractivity (Wildman–Crippen MR) is 130 cm³/mol. The van der Waals surface area contributed by atoms with Crippen LogP contribution in [0.4, 0.5) is 4.39 Å². The monoisotopic (exact) mass is 457 g/mol. The van der Waals surface area contributed by atoms with Gasteiger partial charge < -0.3 is 9.67 Å². The van der Waals surface area contributed by atoms with E-state index in [1.54, 1.807) is 12.1 Å². The summed E-state index contributed by atoms with van der Waals surface area (Å²) < 4.78 is 15.6. The molecule has 4 rings (SSSR count). The molecule has 0 spiro atoms. The van der Waals surface area contributed by atoms with Crippen molar-refractivity contribution in [3.63, 3.8) is 0 Å². The van der Waals surface area contributed by atoms with Crippen LogP contribution in [0.2, 0.25) is 0 Å². The second kappa shape index (κ2) is 10.9. The number of pyridine rings is 1. The molecule has 0 saturated heterocycles. The maximum Gasteiger partial charge on any atom is 0.335 e. The van der Waals surface area contributed by atoms with Gasteiger partial charge in [-0.15, -0.1) is 0 Å². The molecular formula is C28H28FN3O2. The van der Waals surface area contributed by atoms with Crippen LogP contribution in [0.25, 0.3) is 0 Å². The summed E-state index contributed by atoms with van der Waals surface area (Å²) in [5.74, 6) is -0.214. The molecule has 2 heterocycles. The van der Waals surface area contributed by atoms with Gasteiger partial charge in [-0.05, 0) is 68.0 Å².